The van der Waals surface area contributed by atoms with Crippen LogP contribution in [0, 0.1) is 6.92 Å². The molecule has 0 aliphatic rings. The molecule has 0 radical (unpaired) electrons. The minimum absolute atomic E-state index is 0.417. The van der Waals surface area contributed by atoms with Crippen molar-refractivity contribution < 1.29 is 0 Å². The molecule has 3 aromatic rings. The Morgan fingerprint density at radius 2 is 2.00 bits per heavy atom. The van der Waals surface area contributed by atoms with Crippen LogP contribution in [0.1, 0.15) is 5.56 Å². The third kappa shape index (κ3) is 2.29. The molecule has 2 heterocycles. The van der Waals surface area contributed by atoms with Crippen LogP contribution >= 0.6 is 27.5 Å². The molecule has 0 fully saturated rings. The van der Waals surface area contributed by atoms with Gasteiger partial charge in [-0.2, -0.15) is 19.6 Å². The largest absolute Gasteiger partial charge is 0.340 e. The summed E-state index contributed by atoms with van der Waals surface area (Å²) in [5, 5.41) is 7.85. The van der Waals surface area contributed by atoms with Crippen molar-refractivity contribution in [3.05, 3.63) is 45.8 Å². The van der Waals surface area contributed by atoms with Gasteiger partial charge in [-0.15, -0.1) is 0 Å². The number of nitrogens with one attached hydrogen (secondary N) is 1. The zero-order valence-corrected chi connectivity index (χ0v) is 12.3. The monoisotopic (exact) mass is 337 g/mol. The molecule has 19 heavy (non-hydrogen) atoms. The van der Waals surface area contributed by atoms with Gasteiger partial charge in [0.25, 0.3) is 5.78 Å². The number of fused-ring (bicyclic) bond motifs is 1. The summed E-state index contributed by atoms with van der Waals surface area (Å²) in [6.45, 7) is 1.89. The van der Waals surface area contributed by atoms with Crippen molar-refractivity contribution in [2.45, 2.75) is 6.92 Å². The van der Waals surface area contributed by atoms with E-state index in [2.05, 4.69) is 36.3 Å². The molecular weight excluding hydrogens is 330 g/mol. The van der Waals surface area contributed by atoms with E-state index in [1.165, 1.54) is 6.33 Å². The highest BCUT2D eigenvalue weighted by molar-refractivity contribution is 9.10. The third-order valence-corrected chi connectivity index (χ3v) is 3.61. The van der Waals surface area contributed by atoms with Crippen LogP contribution < -0.4 is 5.32 Å². The summed E-state index contributed by atoms with van der Waals surface area (Å²) in [5.74, 6) is 1.23. The smallest absolute Gasteiger partial charge is 0.255 e. The minimum atomic E-state index is 0.417. The fourth-order valence-corrected chi connectivity index (χ4v) is 2.14. The second-order valence-electron chi connectivity index (χ2n) is 3.98. The molecule has 0 aliphatic heterocycles. The van der Waals surface area contributed by atoms with Gasteiger partial charge >= 0.3 is 0 Å². The first kappa shape index (κ1) is 12.4. The Kier molecular flexibility index (Phi) is 3.12. The van der Waals surface area contributed by atoms with Crippen molar-refractivity contribution in [2.75, 3.05) is 5.32 Å². The summed E-state index contributed by atoms with van der Waals surface area (Å²) in [5.41, 5.74) is 1.76. The highest BCUT2D eigenvalue weighted by Crippen LogP contribution is 2.26. The van der Waals surface area contributed by atoms with Gasteiger partial charge < -0.3 is 5.32 Å². The molecule has 5 nitrogen and oxygen atoms in total. The molecule has 96 valence electrons. The first-order chi connectivity index (χ1) is 9.15. The SMILES string of the molecule is Cc1c(Cl)nc2ncnn2c1Nc1ccc(Br)cc1. The molecule has 0 atom stereocenters. The standard InChI is InChI=1S/C12H9BrClN5/c1-7-10(14)18-12-15-6-16-19(12)11(7)17-9-4-2-8(13)3-5-9/h2-6,17H,1H3. The lowest BCUT2D eigenvalue weighted by molar-refractivity contribution is 0.936. The van der Waals surface area contributed by atoms with Crippen molar-refractivity contribution in [3.8, 4) is 0 Å². The summed E-state index contributed by atoms with van der Waals surface area (Å²) >= 11 is 9.51. The van der Waals surface area contributed by atoms with Gasteiger partial charge in [-0.25, -0.2) is 0 Å². The first-order valence-corrected chi connectivity index (χ1v) is 6.70. The lowest BCUT2D eigenvalue weighted by Gasteiger charge is -2.11. The van der Waals surface area contributed by atoms with E-state index in [0.29, 0.717) is 10.9 Å². The maximum atomic E-state index is 6.10. The van der Waals surface area contributed by atoms with Gasteiger partial charge in [-0.3, -0.25) is 0 Å². The van der Waals surface area contributed by atoms with Crippen LogP contribution in [0.3, 0.4) is 0 Å². The molecule has 0 unspecified atom stereocenters. The van der Waals surface area contributed by atoms with Gasteiger partial charge in [0.2, 0.25) is 0 Å². The number of hydrogen-bond donors (Lipinski definition) is 1. The van der Waals surface area contributed by atoms with E-state index in [0.717, 1.165) is 21.5 Å². The van der Waals surface area contributed by atoms with Gasteiger partial charge in [-0.05, 0) is 31.2 Å². The van der Waals surface area contributed by atoms with E-state index in [9.17, 15) is 0 Å². The molecule has 7 heteroatoms. The molecule has 0 saturated heterocycles. The summed E-state index contributed by atoms with van der Waals surface area (Å²) in [6, 6.07) is 7.83. The number of hydrogen-bond acceptors (Lipinski definition) is 4. The van der Waals surface area contributed by atoms with Crippen LogP contribution in [0.15, 0.2) is 35.1 Å². The van der Waals surface area contributed by atoms with Crippen LogP contribution in [0.25, 0.3) is 5.78 Å². The predicted octanol–water partition coefficient (Wildman–Crippen LogP) is 3.59. The third-order valence-electron chi connectivity index (χ3n) is 2.71. The maximum Gasteiger partial charge on any atom is 0.255 e. The molecule has 0 bridgehead atoms. The average molecular weight is 339 g/mol. The lowest BCUT2D eigenvalue weighted by Crippen LogP contribution is -2.04. The second kappa shape index (κ2) is 4.79. The summed E-state index contributed by atoms with van der Waals surface area (Å²) in [6.07, 6.45) is 1.45. The van der Waals surface area contributed by atoms with Gasteiger partial charge in [0.15, 0.2) is 0 Å². The number of rotatable bonds is 2. The molecule has 0 amide bonds. The molecule has 0 aliphatic carbocycles. The fraction of sp³-hybridized carbons (Fsp3) is 0.0833. The number of halogens is 2. The van der Waals surface area contributed by atoms with Crippen LogP contribution in [0.4, 0.5) is 11.5 Å². The van der Waals surface area contributed by atoms with Crippen LogP contribution in [0.5, 0.6) is 0 Å². The van der Waals surface area contributed by atoms with Gasteiger partial charge in [0, 0.05) is 15.7 Å². The molecule has 1 N–H and O–H groups in total. The number of benzene rings is 1. The minimum Gasteiger partial charge on any atom is -0.340 e. The highest BCUT2D eigenvalue weighted by atomic mass is 79.9. The predicted molar refractivity (Wildman–Crippen MR) is 78.0 cm³/mol. The molecular formula is C12H9BrClN5. The Morgan fingerprint density at radius 3 is 2.74 bits per heavy atom. The molecule has 0 spiro atoms. The fourth-order valence-electron chi connectivity index (χ4n) is 1.71. The normalized spacial score (nSPS) is 10.9. The van der Waals surface area contributed by atoms with E-state index in [1.54, 1.807) is 4.52 Å². The maximum absolute atomic E-state index is 6.10. The van der Waals surface area contributed by atoms with Crippen molar-refractivity contribution in [1.82, 2.24) is 19.6 Å². The van der Waals surface area contributed by atoms with Crippen LogP contribution in [-0.2, 0) is 0 Å². The Morgan fingerprint density at radius 1 is 1.26 bits per heavy atom. The van der Waals surface area contributed by atoms with E-state index >= 15 is 0 Å². The number of aromatic nitrogens is 4. The Labute approximate surface area is 122 Å². The Balaban J connectivity index is 2.11. The molecule has 1 aromatic carbocycles. The zero-order chi connectivity index (χ0) is 13.4. The highest BCUT2D eigenvalue weighted by Gasteiger charge is 2.12. The molecule has 3 rings (SSSR count). The average Bonchev–Trinajstić information content (AvgIpc) is 2.85. The summed E-state index contributed by atoms with van der Waals surface area (Å²) < 4.78 is 2.65. The Hall–Kier alpha value is -1.66. The van der Waals surface area contributed by atoms with E-state index < -0.39 is 0 Å². The number of nitrogens with zero attached hydrogens (tertiary/aromatic N) is 4. The topological polar surface area (TPSA) is 55.1 Å². The lowest BCUT2D eigenvalue weighted by atomic mass is 10.3. The number of anilines is 2. The zero-order valence-electron chi connectivity index (χ0n) is 9.93. The van der Waals surface area contributed by atoms with Gasteiger partial charge in [0.1, 0.15) is 17.3 Å². The van der Waals surface area contributed by atoms with Gasteiger partial charge in [-0.1, -0.05) is 27.5 Å². The first-order valence-electron chi connectivity index (χ1n) is 5.53. The van der Waals surface area contributed by atoms with Crippen LogP contribution in [-0.4, -0.2) is 19.6 Å². The van der Waals surface area contributed by atoms with Gasteiger partial charge in [0.05, 0.1) is 0 Å². The van der Waals surface area contributed by atoms with Crippen molar-refractivity contribution in [1.29, 1.82) is 0 Å². The van der Waals surface area contributed by atoms with Crippen molar-refractivity contribution in [2.24, 2.45) is 0 Å². The summed E-state index contributed by atoms with van der Waals surface area (Å²) in [4.78, 5) is 8.20. The molecule has 2 aromatic heterocycles. The molecule has 0 saturated carbocycles. The van der Waals surface area contributed by atoms with Crippen molar-refractivity contribution >= 4 is 44.8 Å². The second-order valence-corrected chi connectivity index (χ2v) is 5.25. The van der Waals surface area contributed by atoms with Crippen molar-refractivity contribution in [3.63, 3.8) is 0 Å². The van der Waals surface area contributed by atoms with E-state index in [-0.39, 0.29) is 0 Å². The van der Waals surface area contributed by atoms with Crippen LogP contribution in [0.2, 0.25) is 5.15 Å². The van der Waals surface area contributed by atoms with E-state index in [4.69, 9.17) is 11.6 Å². The van der Waals surface area contributed by atoms with E-state index in [1.807, 2.05) is 31.2 Å². The summed E-state index contributed by atoms with van der Waals surface area (Å²) in [7, 11) is 0. The quantitative estimate of drug-likeness (QED) is 0.726. The Bertz CT molecular complexity index is 738.